The first kappa shape index (κ1) is 18.5. The van der Waals surface area contributed by atoms with Crippen LogP contribution in [0.25, 0.3) is 11.3 Å². The quantitative estimate of drug-likeness (QED) is 0.693. The van der Waals surface area contributed by atoms with Crippen LogP contribution in [0.2, 0.25) is 5.02 Å². The van der Waals surface area contributed by atoms with Gasteiger partial charge in [-0.15, -0.1) is 0 Å². The Kier molecular flexibility index (Phi) is 5.14. The number of nitrogens with one attached hydrogen (secondary N) is 1. The highest BCUT2D eigenvalue weighted by Gasteiger charge is 2.20. The Morgan fingerprint density at radius 2 is 1.62 bits per heavy atom. The Morgan fingerprint density at radius 1 is 0.897 bits per heavy atom. The normalized spacial score (nSPS) is 17.0. The third kappa shape index (κ3) is 4.10. The standard InChI is InChI=1S/C22H23ClN4O2/c23-19-4-2-17(3-5-19)22-18(12-24-25-22)14-27-9-7-26(8-10-27)13-16-1-6-20-21(11-16)29-15-28-20/h1-6,11-12H,7-10,13-15H2,(H,24,25). The molecule has 0 aliphatic carbocycles. The Hall–Kier alpha value is -2.54. The van der Waals surface area contributed by atoms with Crippen molar-refractivity contribution in [2.24, 2.45) is 0 Å². The van der Waals surface area contributed by atoms with Crippen molar-refractivity contribution in [2.45, 2.75) is 13.1 Å². The molecule has 3 aromatic rings. The molecule has 0 saturated carbocycles. The van der Waals surface area contributed by atoms with Gasteiger partial charge in [0, 0.05) is 49.9 Å². The van der Waals surface area contributed by atoms with Crippen LogP contribution in [-0.4, -0.2) is 53.0 Å². The van der Waals surface area contributed by atoms with Gasteiger partial charge in [-0.1, -0.05) is 29.8 Å². The lowest BCUT2D eigenvalue weighted by atomic mass is 10.1. The number of hydrogen-bond donors (Lipinski definition) is 1. The van der Waals surface area contributed by atoms with E-state index in [4.69, 9.17) is 21.1 Å². The van der Waals surface area contributed by atoms with Crippen LogP contribution in [0, 0.1) is 0 Å². The van der Waals surface area contributed by atoms with Crippen molar-refractivity contribution in [2.75, 3.05) is 33.0 Å². The molecular weight excluding hydrogens is 388 g/mol. The summed E-state index contributed by atoms with van der Waals surface area (Å²) >= 11 is 6.02. The Morgan fingerprint density at radius 3 is 2.41 bits per heavy atom. The van der Waals surface area contributed by atoms with Crippen molar-refractivity contribution in [1.29, 1.82) is 0 Å². The molecule has 0 amide bonds. The molecule has 1 aromatic heterocycles. The van der Waals surface area contributed by atoms with Gasteiger partial charge in [0.25, 0.3) is 0 Å². The maximum absolute atomic E-state index is 6.02. The van der Waals surface area contributed by atoms with Gasteiger partial charge in [-0.3, -0.25) is 14.9 Å². The summed E-state index contributed by atoms with van der Waals surface area (Å²) in [6.07, 6.45) is 1.93. The van der Waals surface area contributed by atoms with E-state index in [0.717, 1.165) is 67.0 Å². The summed E-state index contributed by atoms with van der Waals surface area (Å²) in [5.74, 6) is 1.70. The van der Waals surface area contributed by atoms with Gasteiger partial charge >= 0.3 is 0 Å². The van der Waals surface area contributed by atoms with Gasteiger partial charge in [0.15, 0.2) is 11.5 Å². The molecule has 6 nitrogen and oxygen atoms in total. The van der Waals surface area contributed by atoms with Crippen molar-refractivity contribution in [1.82, 2.24) is 20.0 Å². The van der Waals surface area contributed by atoms with E-state index in [2.05, 4.69) is 32.1 Å². The second-order valence-corrected chi connectivity index (χ2v) is 7.95. The highest BCUT2D eigenvalue weighted by Crippen LogP contribution is 2.33. The van der Waals surface area contributed by atoms with Gasteiger partial charge in [-0.25, -0.2) is 0 Å². The molecule has 2 aromatic carbocycles. The number of H-pyrrole nitrogens is 1. The molecule has 1 saturated heterocycles. The first-order valence-electron chi connectivity index (χ1n) is 9.86. The minimum Gasteiger partial charge on any atom is -0.454 e. The zero-order valence-electron chi connectivity index (χ0n) is 16.1. The fourth-order valence-corrected chi connectivity index (χ4v) is 4.07. The lowest BCUT2D eigenvalue weighted by Crippen LogP contribution is -2.45. The summed E-state index contributed by atoms with van der Waals surface area (Å²) in [5, 5.41) is 8.15. The molecule has 3 heterocycles. The molecule has 0 unspecified atom stereocenters. The van der Waals surface area contributed by atoms with Gasteiger partial charge in [0.1, 0.15) is 0 Å². The number of ether oxygens (including phenoxy) is 2. The minimum atomic E-state index is 0.323. The minimum absolute atomic E-state index is 0.323. The number of piperazine rings is 1. The SMILES string of the molecule is Clc1ccc(-c2[nH]ncc2CN2CCN(Cc3ccc4c(c3)OCO4)CC2)cc1. The van der Waals surface area contributed by atoms with Crippen molar-refractivity contribution in [3.05, 3.63) is 64.8 Å². The van der Waals surface area contributed by atoms with Crippen LogP contribution in [0.1, 0.15) is 11.1 Å². The Balaban J connectivity index is 1.18. The van der Waals surface area contributed by atoms with E-state index in [1.54, 1.807) is 0 Å². The second-order valence-electron chi connectivity index (χ2n) is 7.52. The smallest absolute Gasteiger partial charge is 0.231 e. The summed E-state index contributed by atoms with van der Waals surface area (Å²) in [4.78, 5) is 4.98. The topological polar surface area (TPSA) is 53.6 Å². The molecule has 2 aliphatic rings. The van der Waals surface area contributed by atoms with Crippen molar-refractivity contribution < 1.29 is 9.47 Å². The molecule has 0 atom stereocenters. The molecule has 0 bridgehead atoms. The molecule has 0 spiro atoms. The molecule has 1 fully saturated rings. The zero-order valence-corrected chi connectivity index (χ0v) is 16.9. The molecule has 29 heavy (non-hydrogen) atoms. The fourth-order valence-electron chi connectivity index (χ4n) is 3.94. The lowest BCUT2D eigenvalue weighted by molar-refractivity contribution is 0.122. The number of nitrogens with zero attached hydrogens (tertiary/aromatic N) is 3. The monoisotopic (exact) mass is 410 g/mol. The summed E-state index contributed by atoms with van der Waals surface area (Å²) in [6.45, 7) is 6.32. The number of fused-ring (bicyclic) bond motifs is 1. The van der Waals surface area contributed by atoms with E-state index < -0.39 is 0 Å². The van der Waals surface area contributed by atoms with Gasteiger partial charge in [0.2, 0.25) is 6.79 Å². The summed E-state index contributed by atoms with van der Waals surface area (Å²) in [6, 6.07) is 14.1. The molecule has 7 heteroatoms. The van der Waals surface area contributed by atoms with Crippen LogP contribution >= 0.6 is 11.6 Å². The molecule has 1 N–H and O–H groups in total. The van der Waals surface area contributed by atoms with Crippen LogP contribution < -0.4 is 9.47 Å². The van der Waals surface area contributed by atoms with E-state index in [-0.39, 0.29) is 0 Å². The van der Waals surface area contributed by atoms with Crippen LogP contribution in [0.15, 0.2) is 48.7 Å². The van der Waals surface area contributed by atoms with Crippen LogP contribution in [-0.2, 0) is 13.1 Å². The number of aromatic nitrogens is 2. The van der Waals surface area contributed by atoms with Crippen molar-refractivity contribution >= 4 is 11.6 Å². The Labute approximate surface area is 175 Å². The van der Waals surface area contributed by atoms with Gasteiger partial charge < -0.3 is 9.47 Å². The van der Waals surface area contributed by atoms with E-state index in [9.17, 15) is 0 Å². The number of aromatic amines is 1. The number of benzene rings is 2. The maximum Gasteiger partial charge on any atom is 0.231 e. The molecule has 5 rings (SSSR count). The van der Waals surface area contributed by atoms with E-state index in [1.807, 2.05) is 36.5 Å². The fraction of sp³-hybridized carbons (Fsp3) is 0.318. The van der Waals surface area contributed by atoms with E-state index in [1.165, 1.54) is 11.1 Å². The van der Waals surface area contributed by atoms with Crippen molar-refractivity contribution in [3.63, 3.8) is 0 Å². The van der Waals surface area contributed by atoms with Crippen molar-refractivity contribution in [3.8, 4) is 22.8 Å². The van der Waals surface area contributed by atoms with Crippen LogP contribution in [0.3, 0.4) is 0 Å². The number of rotatable bonds is 5. The highest BCUT2D eigenvalue weighted by molar-refractivity contribution is 6.30. The third-order valence-corrected chi connectivity index (χ3v) is 5.80. The van der Waals surface area contributed by atoms with Crippen LogP contribution in [0.5, 0.6) is 11.5 Å². The molecule has 150 valence electrons. The average Bonchev–Trinajstić information content (AvgIpc) is 3.39. The highest BCUT2D eigenvalue weighted by atomic mass is 35.5. The van der Waals surface area contributed by atoms with E-state index in [0.29, 0.717) is 6.79 Å². The largest absolute Gasteiger partial charge is 0.454 e. The second kappa shape index (κ2) is 8.06. The predicted octanol–water partition coefficient (Wildman–Crippen LogP) is 3.78. The first-order chi connectivity index (χ1) is 14.2. The lowest BCUT2D eigenvalue weighted by Gasteiger charge is -2.34. The summed E-state index contributed by atoms with van der Waals surface area (Å²) in [7, 11) is 0. The number of hydrogen-bond acceptors (Lipinski definition) is 5. The maximum atomic E-state index is 6.02. The van der Waals surface area contributed by atoms with Gasteiger partial charge in [-0.05, 0) is 35.4 Å². The predicted molar refractivity (Wildman–Crippen MR) is 112 cm³/mol. The number of halogens is 1. The van der Waals surface area contributed by atoms with Crippen LogP contribution in [0.4, 0.5) is 0 Å². The molecule has 0 radical (unpaired) electrons. The Bertz CT molecular complexity index is 981. The average molecular weight is 411 g/mol. The molecular formula is C22H23ClN4O2. The molecule has 2 aliphatic heterocycles. The van der Waals surface area contributed by atoms with Gasteiger partial charge in [0.05, 0.1) is 11.9 Å². The third-order valence-electron chi connectivity index (χ3n) is 5.55. The van der Waals surface area contributed by atoms with E-state index >= 15 is 0 Å². The zero-order chi connectivity index (χ0) is 19.6. The summed E-state index contributed by atoms with van der Waals surface area (Å²) in [5.41, 5.74) is 4.67. The summed E-state index contributed by atoms with van der Waals surface area (Å²) < 4.78 is 10.9. The first-order valence-corrected chi connectivity index (χ1v) is 10.2. The van der Waals surface area contributed by atoms with Gasteiger partial charge in [-0.2, -0.15) is 5.10 Å².